The molecule has 0 bridgehead atoms. The average Bonchev–Trinajstić information content (AvgIpc) is 3.28. The molecule has 4 rings (SSSR count). The molecule has 0 atom stereocenters. The zero-order valence-electron chi connectivity index (χ0n) is 16.1. The first-order valence-electron chi connectivity index (χ1n) is 9.86. The first-order valence-corrected chi connectivity index (χ1v) is 10.2. The Hall–Kier alpha value is -2.80. The highest BCUT2D eigenvalue weighted by molar-refractivity contribution is 6.30. The van der Waals surface area contributed by atoms with Gasteiger partial charge in [0.15, 0.2) is 0 Å². The van der Waals surface area contributed by atoms with E-state index in [1.54, 1.807) is 30.3 Å². The van der Waals surface area contributed by atoms with Gasteiger partial charge in [-0.2, -0.15) is 0 Å². The van der Waals surface area contributed by atoms with Crippen LogP contribution in [0.15, 0.2) is 42.5 Å². The van der Waals surface area contributed by atoms with Crippen LogP contribution in [-0.2, 0) is 0 Å². The topological polar surface area (TPSA) is 69.9 Å². The Labute approximate surface area is 174 Å². The summed E-state index contributed by atoms with van der Waals surface area (Å²) in [4.78, 5) is 30.0. The SMILES string of the molecule is O=C(c1ccc(Cl)cc1)N1CCN(c2ccc([N+](=O)[O-])c(N3CCCC3)c2)CC1. The van der Waals surface area contributed by atoms with E-state index in [0.717, 1.165) is 31.6 Å². The van der Waals surface area contributed by atoms with Gasteiger partial charge in [-0.15, -0.1) is 0 Å². The Morgan fingerprint density at radius 3 is 2.17 bits per heavy atom. The number of hydrogen-bond donors (Lipinski definition) is 0. The zero-order valence-corrected chi connectivity index (χ0v) is 16.8. The molecule has 0 N–H and O–H groups in total. The fourth-order valence-electron chi connectivity index (χ4n) is 4.02. The zero-order chi connectivity index (χ0) is 20.4. The molecule has 2 fully saturated rings. The van der Waals surface area contributed by atoms with Crippen LogP contribution in [0.3, 0.4) is 0 Å². The van der Waals surface area contributed by atoms with E-state index in [0.29, 0.717) is 42.5 Å². The number of nitro groups is 1. The number of halogens is 1. The summed E-state index contributed by atoms with van der Waals surface area (Å²) in [6, 6.07) is 12.3. The lowest BCUT2D eigenvalue weighted by Crippen LogP contribution is -2.48. The number of carbonyl (C=O) groups excluding carboxylic acids is 1. The normalized spacial score (nSPS) is 16.9. The molecule has 1 amide bonds. The summed E-state index contributed by atoms with van der Waals surface area (Å²) in [5.41, 5.74) is 2.46. The van der Waals surface area contributed by atoms with Gasteiger partial charge in [-0.25, -0.2) is 0 Å². The molecule has 0 radical (unpaired) electrons. The van der Waals surface area contributed by atoms with Crippen LogP contribution in [0.2, 0.25) is 5.02 Å². The number of carbonyl (C=O) groups is 1. The quantitative estimate of drug-likeness (QED) is 0.562. The van der Waals surface area contributed by atoms with Crippen molar-refractivity contribution in [2.45, 2.75) is 12.8 Å². The van der Waals surface area contributed by atoms with Gasteiger partial charge in [0.1, 0.15) is 5.69 Å². The van der Waals surface area contributed by atoms with Gasteiger partial charge in [-0.3, -0.25) is 14.9 Å². The van der Waals surface area contributed by atoms with Crippen LogP contribution < -0.4 is 9.80 Å². The Morgan fingerprint density at radius 1 is 0.897 bits per heavy atom. The Balaban J connectivity index is 1.46. The maximum Gasteiger partial charge on any atom is 0.292 e. The lowest BCUT2D eigenvalue weighted by Gasteiger charge is -2.36. The van der Waals surface area contributed by atoms with Crippen molar-refractivity contribution in [2.24, 2.45) is 0 Å². The molecular weight excluding hydrogens is 392 g/mol. The van der Waals surface area contributed by atoms with Crippen molar-refractivity contribution < 1.29 is 9.72 Å². The molecule has 29 heavy (non-hydrogen) atoms. The highest BCUT2D eigenvalue weighted by Gasteiger charge is 2.26. The van der Waals surface area contributed by atoms with Gasteiger partial charge in [-0.05, 0) is 49.2 Å². The molecule has 7 nitrogen and oxygen atoms in total. The third-order valence-corrected chi connectivity index (χ3v) is 5.88. The Morgan fingerprint density at radius 2 is 1.55 bits per heavy atom. The molecule has 0 aliphatic carbocycles. The van der Waals surface area contributed by atoms with Crippen molar-refractivity contribution in [3.05, 3.63) is 63.2 Å². The van der Waals surface area contributed by atoms with Crippen molar-refractivity contribution in [3.8, 4) is 0 Å². The number of nitrogens with zero attached hydrogens (tertiary/aromatic N) is 4. The molecule has 0 aromatic heterocycles. The Kier molecular flexibility index (Phi) is 5.58. The number of nitro benzene ring substituents is 1. The van der Waals surface area contributed by atoms with Crippen LogP contribution in [0, 0.1) is 10.1 Å². The summed E-state index contributed by atoms with van der Waals surface area (Å²) in [6.45, 7) is 4.31. The first-order chi connectivity index (χ1) is 14.0. The number of amides is 1. The third kappa shape index (κ3) is 4.15. The summed E-state index contributed by atoms with van der Waals surface area (Å²) in [5, 5.41) is 12.1. The van der Waals surface area contributed by atoms with Crippen LogP contribution >= 0.6 is 11.6 Å². The van der Waals surface area contributed by atoms with E-state index < -0.39 is 0 Å². The number of rotatable bonds is 4. The van der Waals surface area contributed by atoms with Crippen molar-refractivity contribution >= 4 is 34.6 Å². The van der Waals surface area contributed by atoms with Crippen molar-refractivity contribution in [1.29, 1.82) is 0 Å². The van der Waals surface area contributed by atoms with E-state index >= 15 is 0 Å². The van der Waals surface area contributed by atoms with Crippen LogP contribution in [0.4, 0.5) is 17.1 Å². The number of hydrogen-bond acceptors (Lipinski definition) is 5. The fraction of sp³-hybridized carbons (Fsp3) is 0.381. The molecule has 2 aliphatic rings. The second-order valence-electron chi connectivity index (χ2n) is 7.41. The monoisotopic (exact) mass is 414 g/mol. The van der Waals surface area contributed by atoms with E-state index in [1.807, 2.05) is 17.0 Å². The maximum atomic E-state index is 12.7. The van der Waals surface area contributed by atoms with Gasteiger partial charge in [-0.1, -0.05) is 11.6 Å². The second-order valence-corrected chi connectivity index (χ2v) is 7.85. The summed E-state index contributed by atoms with van der Waals surface area (Å²) in [7, 11) is 0. The van der Waals surface area contributed by atoms with Crippen LogP contribution in [0.5, 0.6) is 0 Å². The smallest absolute Gasteiger partial charge is 0.292 e. The molecule has 0 unspecified atom stereocenters. The minimum Gasteiger partial charge on any atom is -0.368 e. The molecule has 2 aliphatic heterocycles. The van der Waals surface area contributed by atoms with Gasteiger partial charge in [0.2, 0.25) is 0 Å². The molecule has 0 spiro atoms. The predicted molar refractivity (Wildman–Crippen MR) is 114 cm³/mol. The molecule has 2 heterocycles. The summed E-state index contributed by atoms with van der Waals surface area (Å²) >= 11 is 5.90. The number of anilines is 2. The molecule has 0 saturated carbocycles. The van der Waals surface area contributed by atoms with Gasteiger partial charge in [0.05, 0.1) is 4.92 Å². The van der Waals surface area contributed by atoms with E-state index in [9.17, 15) is 14.9 Å². The highest BCUT2D eigenvalue weighted by atomic mass is 35.5. The largest absolute Gasteiger partial charge is 0.368 e. The molecule has 2 aromatic carbocycles. The third-order valence-electron chi connectivity index (χ3n) is 5.63. The van der Waals surface area contributed by atoms with Crippen LogP contribution in [0.25, 0.3) is 0 Å². The minimum absolute atomic E-state index is 0.00257. The Bertz CT molecular complexity index is 905. The van der Waals surface area contributed by atoms with E-state index in [4.69, 9.17) is 11.6 Å². The molecule has 152 valence electrons. The van der Waals surface area contributed by atoms with E-state index in [1.165, 1.54) is 0 Å². The van der Waals surface area contributed by atoms with Crippen LogP contribution in [0.1, 0.15) is 23.2 Å². The lowest BCUT2D eigenvalue weighted by atomic mass is 10.1. The van der Waals surface area contributed by atoms with Crippen molar-refractivity contribution in [1.82, 2.24) is 4.90 Å². The average molecular weight is 415 g/mol. The van der Waals surface area contributed by atoms with E-state index in [2.05, 4.69) is 9.80 Å². The molecule has 2 aromatic rings. The molecular formula is C21H23ClN4O3. The van der Waals surface area contributed by atoms with E-state index in [-0.39, 0.29) is 16.5 Å². The maximum absolute atomic E-state index is 12.7. The van der Waals surface area contributed by atoms with Gasteiger partial charge < -0.3 is 14.7 Å². The number of piperazine rings is 1. The minimum atomic E-state index is -0.305. The summed E-state index contributed by atoms with van der Waals surface area (Å²) in [6.07, 6.45) is 2.12. The summed E-state index contributed by atoms with van der Waals surface area (Å²) in [5.74, 6) is 0.00257. The van der Waals surface area contributed by atoms with Crippen molar-refractivity contribution in [3.63, 3.8) is 0 Å². The standard InChI is InChI=1S/C21H23ClN4O3/c22-17-5-3-16(4-6-17)21(27)25-13-11-23(12-14-25)18-7-8-19(26(28)29)20(15-18)24-9-1-2-10-24/h3-8,15H,1-2,9-14H2. The fourth-order valence-corrected chi connectivity index (χ4v) is 4.14. The second kappa shape index (κ2) is 8.29. The van der Waals surface area contributed by atoms with Crippen LogP contribution in [-0.4, -0.2) is 55.0 Å². The lowest BCUT2D eigenvalue weighted by molar-refractivity contribution is -0.384. The van der Waals surface area contributed by atoms with Gasteiger partial charge in [0.25, 0.3) is 11.6 Å². The van der Waals surface area contributed by atoms with Gasteiger partial charge in [0, 0.05) is 61.6 Å². The van der Waals surface area contributed by atoms with Gasteiger partial charge >= 0.3 is 0 Å². The van der Waals surface area contributed by atoms with Crippen molar-refractivity contribution in [2.75, 3.05) is 49.1 Å². The highest BCUT2D eigenvalue weighted by Crippen LogP contribution is 2.34. The first kappa shape index (κ1) is 19.5. The predicted octanol–water partition coefficient (Wildman–Crippen LogP) is 3.81. The molecule has 8 heteroatoms. The summed E-state index contributed by atoms with van der Waals surface area (Å²) < 4.78 is 0. The molecule has 2 saturated heterocycles. The number of benzene rings is 2.